The van der Waals surface area contributed by atoms with Crippen LogP contribution in [0.25, 0.3) is 10.8 Å². The summed E-state index contributed by atoms with van der Waals surface area (Å²) in [4.78, 5) is 37.8. The molecule has 0 fully saturated rings. The van der Waals surface area contributed by atoms with Crippen molar-refractivity contribution in [3.05, 3.63) is 179 Å². The lowest BCUT2D eigenvalue weighted by Crippen LogP contribution is -2.33. The zero-order valence-electron chi connectivity index (χ0n) is 43.7. The number of nitrogens with zero attached hydrogens (tertiary/aromatic N) is 2. The minimum Gasteiger partial charge on any atom is -0.478 e. The SMILES string of the molecule is CC(=O)Nc1nc(C)c(S(=O)(=O)CCCCCCCNc2ccccc2CCc2ccc(C(=O)O)cc2)s1.CCCCCCCN(c1ccccc1CCc1ccc(C(=O)O)cc1)S(=O)(=O)c1ccc2ccccc2c1. The smallest absolute Gasteiger partial charge is 0.335 e. The highest BCUT2D eigenvalue weighted by atomic mass is 32.2. The van der Waals surface area contributed by atoms with Crippen LogP contribution in [0.4, 0.5) is 16.5 Å². The van der Waals surface area contributed by atoms with E-state index in [1.54, 1.807) is 47.6 Å². The third-order valence-electron chi connectivity index (χ3n) is 13.0. The number of aryl methyl sites for hydroxylation is 5. The van der Waals surface area contributed by atoms with Crippen molar-refractivity contribution >= 4 is 76.3 Å². The summed E-state index contributed by atoms with van der Waals surface area (Å²) in [5.74, 6) is -2.05. The first-order chi connectivity index (χ1) is 36.5. The Morgan fingerprint density at radius 1 is 0.605 bits per heavy atom. The summed E-state index contributed by atoms with van der Waals surface area (Å²) in [5, 5.41) is 26.5. The molecule has 4 N–H and O–H groups in total. The van der Waals surface area contributed by atoms with Crippen molar-refractivity contribution in [2.45, 2.75) is 120 Å². The molecule has 16 heteroatoms. The molecule has 0 aliphatic heterocycles. The molecule has 0 spiro atoms. The molecule has 1 heterocycles. The van der Waals surface area contributed by atoms with Gasteiger partial charge in [0.15, 0.2) is 15.0 Å². The zero-order chi connectivity index (χ0) is 54.5. The van der Waals surface area contributed by atoms with E-state index in [2.05, 4.69) is 34.7 Å². The number of aromatic nitrogens is 1. The number of carboxylic acid groups (broad SMARTS) is 2. The Hall–Kier alpha value is -6.88. The minimum atomic E-state index is -3.79. The van der Waals surface area contributed by atoms with E-state index in [9.17, 15) is 31.2 Å². The number of unbranched alkanes of at least 4 members (excludes halogenated alkanes) is 8. The van der Waals surface area contributed by atoms with Gasteiger partial charge in [-0.25, -0.2) is 31.4 Å². The molecule has 0 aliphatic rings. The number of sulfone groups is 1. The second-order valence-electron chi connectivity index (χ2n) is 18.9. The van der Waals surface area contributed by atoms with E-state index >= 15 is 0 Å². The lowest BCUT2D eigenvalue weighted by Gasteiger charge is -2.27. The number of aromatic carboxylic acids is 2. The van der Waals surface area contributed by atoms with Gasteiger partial charge in [0.25, 0.3) is 10.0 Å². The maximum absolute atomic E-state index is 14.1. The summed E-state index contributed by atoms with van der Waals surface area (Å²) >= 11 is 1.01. The summed E-state index contributed by atoms with van der Waals surface area (Å²) < 4.78 is 55.4. The first kappa shape index (κ1) is 58.4. The normalized spacial score (nSPS) is 11.4. The molecule has 6 aromatic carbocycles. The molecule has 0 saturated carbocycles. The number of nitrogens with one attached hydrogen (secondary N) is 2. The van der Waals surface area contributed by atoms with Gasteiger partial charge < -0.3 is 20.8 Å². The van der Waals surface area contributed by atoms with Crippen molar-refractivity contribution in [3.63, 3.8) is 0 Å². The van der Waals surface area contributed by atoms with E-state index in [1.807, 2.05) is 91.0 Å². The number of hydrogen-bond donors (Lipinski definition) is 4. The predicted molar refractivity (Wildman–Crippen MR) is 307 cm³/mol. The van der Waals surface area contributed by atoms with Crippen molar-refractivity contribution in [1.29, 1.82) is 0 Å². The van der Waals surface area contributed by atoms with Crippen LogP contribution in [0.5, 0.6) is 0 Å². The fourth-order valence-electron chi connectivity index (χ4n) is 8.88. The molecule has 7 aromatic rings. The van der Waals surface area contributed by atoms with E-state index in [4.69, 9.17) is 10.2 Å². The predicted octanol–water partition coefficient (Wildman–Crippen LogP) is 13.2. The van der Waals surface area contributed by atoms with Crippen molar-refractivity contribution in [2.24, 2.45) is 0 Å². The highest BCUT2D eigenvalue weighted by molar-refractivity contribution is 7.93. The Balaban J connectivity index is 0.000000247. The molecule has 1 amide bonds. The number of sulfonamides is 1. The molecule has 0 aliphatic carbocycles. The first-order valence-electron chi connectivity index (χ1n) is 26.1. The number of hydrogen-bond acceptors (Lipinski definition) is 10. The minimum absolute atomic E-state index is 0.0835. The summed E-state index contributed by atoms with van der Waals surface area (Å²) in [7, 11) is -7.20. The number of carboxylic acids is 2. The summed E-state index contributed by atoms with van der Waals surface area (Å²) in [6.07, 6.45) is 12.6. The molecule has 1 aromatic heterocycles. The van der Waals surface area contributed by atoms with Gasteiger partial charge in [-0.05, 0) is 133 Å². The highest BCUT2D eigenvalue weighted by Crippen LogP contribution is 2.32. The Labute approximate surface area is 452 Å². The number of carbonyl (C=O) groups is 3. The second kappa shape index (κ2) is 28.9. The van der Waals surface area contributed by atoms with Gasteiger partial charge in [0.1, 0.15) is 4.21 Å². The fourth-order valence-corrected chi connectivity index (χ4v) is 13.5. The van der Waals surface area contributed by atoms with Crippen molar-refractivity contribution in [2.75, 3.05) is 33.8 Å². The van der Waals surface area contributed by atoms with E-state index in [0.717, 1.165) is 122 Å². The fraction of sp³-hybridized carbons (Fsp3) is 0.333. The average Bonchev–Trinajstić information content (AvgIpc) is 3.80. The number of anilines is 3. The van der Waals surface area contributed by atoms with Crippen molar-refractivity contribution in [1.82, 2.24) is 4.98 Å². The molecule has 0 saturated heterocycles. The molecule has 0 atom stereocenters. The van der Waals surface area contributed by atoms with Gasteiger partial charge in [0, 0.05) is 25.7 Å². The highest BCUT2D eigenvalue weighted by Gasteiger charge is 2.27. The number of thiazole rings is 1. The first-order valence-corrected chi connectivity index (χ1v) is 30.0. The molecule has 76 heavy (non-hydrogen) atoms. The Bertz CT molecular complexity index is 3250. The number of fused-ring (bicyclic) bond motifs is 1. The standard InChI is InChI=1S/C32H35NO4S.C28H35N3O5S2/c1-2-3-4-5-10-23-33(38(36,37)30-22-21-26-11-6-7-13-29(26)24-30)31-14-9-8-12-27(31)18-15-25-16-19-28(20-17-25)32(34)35;1-20-27(37-28(30-20)31-21(2)32)38(35,36)19-9-5-3-4-8-18-29-25-11-7-6-10-23(25)15-12-22-13-16-24(17-14-22)26(33)34/h6-9,11-14,16-17,19-22,24H,2-5,10,15,18,23H2,1H3,(H,34,35);6-7,10-11,13-14,16-17,29H,3-5,8-9,12,15,18-19H2,1-2H3,(H,33,34)(H,30,31,32). The van der Waals surface area contributed by atoms with Crippen molar-refractivity contribution in [3.8, 4) is 0 Å². The van der Waals surface area contributed by atoms with Gasteiger partial charge in [0.2, 0.25) is 5.91 Å². The van der Waals surface area contributed by atoms with Crippen LogP contribution >= 0.6 is 11.3 Å². The van der Waals surface area contributed by atoms with Gasteiger partial charge in [-0.3, -0.25) is 9.10 Å². The number of rotatable bonds is 28. The maximum Gasteiger partial charge on any atom is 0.335 e. The van der Waals surface area contributed by atoms with Gasteiger partial charge in [-0.1, -0.05) is 154 Å². The average molecular weight is 1090 g/mol. The third kappa shape index (κ3) is 17.3. The summed E-state index contributed by atoms with van der Waals surface area (Å²) in [6, 6.07) is 42.9. The molecule has 0 bridgehead atoms. The molecular weight excluding hydrogens is 1020 g/mol. The molecular formula is C60H70N4O9S3. The monoisotopic (exact) mass is 1090 g/mol. The van der Waals surface area contributed by atoms with Gasteiger partial charge in [-0.2, -0.15) is 0 Å². The summed E-state index contributed by atoms with van der Waals surface area (Å²) in [6.45, 7) is 6.45. The van der Waals surface area contributed by atoms with Crippen LogP contribution in [0, 0.1) is 6.92 Å². The van der Waals surface area contributed by atoms with Crippen LogP contribution in [0.2, 0.25) is 0 Å². The number of benzene rings is 6. The molecule has 0 unspecified atom stereocenters. The van der Waals surface area contributed by atoms with Gasteiger partial charge >= 0.3 is 11.9 Å². The van der Waals surface area contributed by atoms with Gasteiger partial charge in [-0.15, -0.1) is 0 Å². The second-order valence-corrected chi connectivity index (χ2v) is 24.0. The molecule has 402 valence electrons. The van der Waals surface area contributed by atoms with E-state index in [-0.39, 0.29) is 21.4 Å². The van der Waals surface area contributed by atoms with E-state index in [1.165, 1.54) is 12.5 Å². The molecule has 13 nitrogen and oxygen atoms in total. The molecule has 0 radical (unpaired) electrons. The summed E-state index contributed by atoms with van der Waals surface area (Å²) in [5.41, 5.74) is 7.08. The van der Waals surface area contributed by atoms with Gasteiger partial charge in [0.05, 0.1) is 33.2 Å². The Morgan fingerprint density at radius 2 is 1.16 bits per heavy atom. The van der Waals surface area contributed by atoms with Crippen LogP contribution in [0.15, 0.2) is 149 Å². The topological polar surface area (TPSA) is 200 Å². The number of amides is 1. The third-order valence-corrected chi connectivity index (χ3v) is 18.4. The quantitative estimate of drug-likeness (QED) is 0.0340. The lowest BCUT2D eigenvalue weighted by molar-refractivity contribution is -0.114. The van der Waals surface area contributed by atoms with E-state index in [0.29, 0.717) is 52.8 Å². The van der Waals surface area contributed by atoms with Crippen LogP contribution in [0.3, 0.4) is 0 Å². The van der Waals surface area contributed by atoms with Crippen LogP contribution in [0.1, 0.15) is 127 Å². The zero-order valence-corrected chi connectivity index (χ0v) is 46.1. The van der Waals surface area contributed by atoms with Crippen molar-refractivity contribution < 1.29 is 41.4 Å². The van der Waals surface area contributed by atoms with Crippen LogP contribution in [-0.2, 0) is 50.3 Å². The molecule has 7 rings (SSSR count). The van der Waals surface area contributed by atoms with Crippen LogP contribution in [-0.4, -0.2) is 68.7 Å². The lowest BCUT2D eigenvalue weighted by atomic mass is 10.0. The Kier molecular flexibility index (Phi) is 22.2. The van der Waals surface area contributed by atoms with Crippen LogP contribution < -0.4 is 14.9 Å². The maximum atomic E-state index is 14.1. The number of para-hydroxylation sites is 2. The Morgan fingerprint density at radius 3 is 1.80 bits per heavy atom. The number of carbonyl (C=O) groups excluding carboxylic acids is 1. The van der Waals surface area contributed by atoms with E-state index < -0.39 is 31.8 Å². The largest absolute Gasteiger partial charge is 0.478 e.